The van der Waals surface area contributed by atoms with Crippen LogP contribution in [0.5, 0.6) is 0 Å². The summed E-state index contributed by atoms with van der Waals surface area (Å²) in [5, 5.41) is 0.523. The molecule has 1 saturated heterocycles. The van der Waals surface area contributed by atoms with Crippen LogP contribution in [0.2, 0.25) is 10.0 Å². The highest BCUT2D eigenvalue weighted by Crippen LogP contribution is 2.24. The van der Waals surface area contributed by atoms with Crippen LogP contribution >= 0.6 is 23.2 Å². The molecular weight excluding hydrogens is 395 g/mol. The van der Waals surface area contributed by atoms with Gasteiger partial charge in [-0.3, -0.25) is 4.90 Å². The molecule has 3 rings (SSSR count). The smallest absolute Gasteiger partial charge is 0.240 e. The van der Waals surface area contributed by atoms with E-state index >= 15 is 0 Å². The van der Waals surface area contributed by atoms with Gasteiger partial charge in [0.1, 0.15) is 0 Å². The first kappa shape index (κ1) is 19.6. The van der Waals surface area contributed by atoms with Crippen LogP contribution in [0.4, 0.5) is 0 Å². The average Bonchev–Trinajstić information content (AvgIpc) is 2.63. The van der Waals surface area contributed by atoms with Crippen molar-refractivity contribution in [3.05, 3.63) is 64.1 Å². The van der Waals surface area contributed by atoms with Crippen LogP contribution in [0.1, 0.15) is 5.56 Å². The van der Waals surface area contributed by atoms with Crippen LogP contribution in [-0.2, 0) is 21.3 Å². The first-order valence-corrected chi connectivity index (χ1v) is 10.5. The Bertz CT molecular complexity index is 847. The molecule has 0 aromatic heterocycles. The zero-order valence-corrected chi connectivity index (χ0v) is 16.4. The van der Waals surface area contributed by atoms with E-state index in [1.54, 1.807) is 0 Å². The topological polar surface area (TPSA) is 58.6 Å². The Balaban J connectivity index is 1.57. The quantitative estimate of drug-likeness (QED) is 0.788. The highest BCUT2D eigenvalue weighted by Gasteiger charge is 2.23. The molecular formula is C18H20Cl2N2O3S. The fraction of sp³-hybridized carbons (Fsp3) is 0.333. The SMILES string of the molecule is O=S(=O)(NCC1CN(Cc2ccccc2)CCO1)c1ccc(Cl)c(Cl)c1. The van der Waals surface area contributed by atoms with Gasteiger partial charge in [0.05, 0.1) is 27.7 Å². The number of hydrogen-bond acceptors (Lipinski definition) is 4. The number of ether oxygens (including phenoxy) is 1. The van der Waals surface area contributed by atoms with Gasteiger partial charge >= 0.3 is 0 Å². The minimum atomic E-state index is -3.67. The van der Waals surface area contributed by atoms with E-state index in [0.29, 0.717) is 18.2 Å². The van der Waals surface area contributed by atoms with Gasteiger partial charge in [-0.2, -0.15) is 0 Å². The van der Waals surface area contributed by atoms with Crippen molar-refractivity contribution in [3.63, 3.8) is 0 Å². The molecule has 2 aromatic carbocycles. The van der Waals surface area contributed by atoms with E-state index < -0.39 is 10.0 Å². The maximum absolute atomic E-state index is 12.4. The summed E-state index contributed by atoms with van der Waals surface area (Å²) in [5.74, 6) is 0. The third kappa shape index (κ3) is 5.19. The molecule has 0 bridgehead atoms. The summed E-state index contributed by atoms with van der Waals surface area (Å²) in [6.07, 6.45) is -0.204. The zero-order chi connectivity index (χ0) is 18.6. The highest BCUT2D eigenvalue weighted by atomic mass is 35.5. The van der Waals surface area contributed by atoms with Crippen LogP contribution in [-0.4, -0.2) is 45.7 Å². The van der Waals surface area contributed by atoms with Crippen LogP contribution in [0.15, 0.2) is 53.4 Å². The minimum Gasteiger partial charge on any atom is -0.374 e. The molecule has 1 heterocycles. The summed E-state index contributed by atoms with van der Waals surface area (Å²) in [6, 6.07) is 14.4. The molecule has 1 N–H and O–H groups in total. The second-order valence-corrected chi connectivity index (χ2v) is 8.72. The average molecular weight is 415 g/mol. The van der Waals surface area contributed by atoms with Gasteiger partial charge in [0, 0.05) is 26.2 Å². The molecule has 0 amide bonds. The zero-order valence-electron chi connectivity index (χ0n) is 14.1. The second-order valence-electron chi connectivity index (χ2n) is 6.14. The van der Waals surface area contributed by atoms with Gasteiger partial charge in [-0.25, -0.2) is 13.1 Å². The van der Waals surface area contributed by atoms with E-state index in [9.17, 15) is 8.42 Å². The van der Waals surface area contributed by atoms with Gasteiger partial charge in [0.15, 0.2) is 0 Å². The van der Waals surface area contributed by atoms with Crippen LogP contribution in [0.25, 0.3) is 0 Å². The Morgan fingerprint density at radius 2 is 1.88 bits per heavy atom. The fourth-order valence-corrected chi connectivity index (χ4v) is 4.27. The van der Waals surface area contributed by atoms with Crippen molar-refractivity contribution in [2.75, 3.05) is 26.2 Å². The van der Waals surface area contributed by atoms with Crippen LogP contribution in [0, 0.1) is 0 Å². The van der Waals surface area contributed by atoms with Gasteiger partial charge in [-0.15, -0.1) is 0 Å². The monoisotopic (exact) mass is 414 g/mol. The van der Waals surface area contributed by atoms with E-state index in [0.717, 1.165) is 13.1 Å². The third-order valence-corrected chi connectivity index (χ3v) is 6.33. The number of halogens is 2. The number of hydrogen-bond donors (Lipinski definition) is 1. The van der Waals surface area contributed by atoms with Crippen molar-refractivity contribution in [1.29, 1.82) is 0 Å². The standard InChI is InChI=1S/C18H20Cl2N2O3S/c19-17-7-6-16(10-18(17)20)26(23,24)21-11-15-13-22(8-9-25-15)12-14-4-2-1-3-5-14/h1-7,10,15,21H,8-9,11-13H2. The number of nitrogens with zero attached hydrogens (tertiary/aromatic N) is 1. The number of benzene rings is 2. The fourth-order valence-electron chi connectivity index (χ4n) is 2.82. The third-order valence-electron chi connectivity index (χ3n) is 4.17. The maximum atomic E-state index is 12.4. The van der Waals surface area contributed by atoms with Crippen molar-refractivity contribution in [2.24, 2.45) is 0 Å². The van der Waals surface area contributed by atoms with Gasteiger partial charge in [0.25, 0.3) is 0 Å². The highest BCUT2D eigenvalue weighted by molar-refractivity contribution is 7.89. The lowest BCUT2D eigenvalue weighted by molar-refractivity contribution is -0.0276. The Morgan fingerprint density at radius 1 is 1.12 bits per heavy atom. The summed E-state index contributed by atoms with van der Waals surface area (Å²) < 4.78 is 33.2. The number of sulfonamides is 1. The Morgan fingerprint density at radius 3 is 2.62 bits per heavy atom. The van der Waals surface area contributed by atoms with Gasteiger partial charge in [-0.05, 0) is 23.8 Å². The first-order valence-electron chi connectivity index (χ1n) is 8.26. The van der Waals surface area contributed by atoms with Crippen molar-refractivity contribution in [3.8, 4) is 0 Å². The van der Waals surface area contributed by atoms with Gasteiger partial charge in [-0.1, -0.05) is 53.5 Å². The van der Waals surface area contributed by atoms with E-state index in [-0.39, 0.29) is 22.6 Å². The molecule has 1 aliphatic heterocycles. The Hall–Kier alpha value is -1.15. The van der Waals surface area contributed by atoms with Gasteiger partial charge in [0.2, 0.25) is 10.0 Å². The van der Waals surface area contributed by atoms with E-state index in [1.165, 1.54) is 23.8 Å². The molecule has 0 saturated carbocycles. The lowest BCUT2D eigenvalue weighted by Gasteiger charge is -2.33. The predicted molar refractivity (Wildman–Crippen MR) is 103 cm³/mol. The number of morpholine rings is 1. The van der Waals surface area contributed by atoms with Crippen molar-refractivity contribution in [2.45, 2.75) is 17.5 Å². The number of rotatable bonds is 6. The molecule has 1 aliphatic rings. The Kier molecular flexibility index (Phi) is 6.55. The molecule has 1 fully saturated rings. The first-order chi connectivity index (χ1) is 12.4. The van der Waals surface area contributed by atoms with E-state index in [1.807, 2.05) is 18.2 Å². The molecule has 0 aliphatic carbocycles. The number of nitrogens with one attached hydrogen (secondary N) is 1. The van der Waals surface area contributed by atoms with Crippen molar-refractivity contribution < 1.29 is 13.2 Å². The largest absolute Gasteiger partial charge is 0.374 e. The molecule has 5 nitrogen and oxygen atoms in total. The second kappa shape index (κ2) is 8.69. The molecule has 2 aromatic rings. The maximum Gasteiger partial charge on any atom is 0.240 e. The summed E-state index contributed by atoms with van der Waals surface area (Å²) in [4.78, 5) is 2.35. The lowest BCUT2D eigenvalue weighted by Crippen LogP contribution is -2.47. The molecule has 1 atom stereocenters. The summed E-state index contributed by atoms with van der Waals surface area (Å²) in [7, 11) is -3.67. The molecule has 8 heteroatoms. The van der Waals surface area contributed by atoms with Crippen LogP contribution < -0.4 is 4.72 Å². The predicted octanol–water partition coefficient (Wildman–Crippen LogP) is 3.17. The normalized spacial score (nSPS) is 18.8. The van der Waals surface area contributed by atoms with Gasteiger partial charge < -0.3 is 4.74 Å². The Labute approximate surface area is 163 Å². The summed E-state index contributed by atoms with van der Waals surface area (Å²) in [6.45, 7) is 3.09. The van der Waals surface area contributed by atoms with Crippen molar-refractivity contribution in [1.82, 2.24) is 9.62 Å². The van der Waals surface area contributed by atoms with Crippen molar-refractivity contribution >= 4 is 33.2 Å². The molecule has 0 radical (unpaired) electrons. The summed E-state index contributed by atoms with van der Waals surface area (Å²) in [5.41, 5.74) is 1.23. The summed E-state index contributed by atoms with van der Waals surface area (Å²) >= 11 is 11.7. The lowest BCUT2D eigenvalue weighted by atomic mass is 10.2. The van der Waals surface area contributed by atoms with Crippen LogP contribution in [0.3, 0.4) is 0 Å². The molecule has 1 unspecified atom stereocenters. The van der Waals surface area contributed by atoms with E-state index in [4.69, 9.17) is 27.9 Å². The minimum absolute atomic E-state index is 0.0869. The molecule has 140 valence electrons. The molecule has 26 heavy (non-hydrogen) atoms. The molecule has 0 spiro atoms. The van der Waals surface area contributed by atoms with E-state index in [2.05, 4.69) is 21.8 Å².